The molecule has 1 aliphatic rings. The van der Waals surface area contributed by atoms with Gasteiger partial charge in [0.15, 0.2) is 6.29 Å². The van der Waals surface area contributed by atoms with Crippen LogP contribution in [0.15, 0.2) is 152 Å². The third-order valence-electron chi connectivity index (χ3n) is 9.03. The van der Waals surface area contributed by atoms with Crippen LogP contribution in [-0.4, -0.2) is 61.7 Å². The van der Waals surface area contributed by atoms with E-state index < -0.39 is 36.8 Å². The Bertz CT molecular complexity index is 1680. The molecule has 1 unspecified atom stereocenters. The van der Waals surface area contributed by atoms with Crippen LogP contribution in [0, 0.1) is 0 Å². The van der Waals surface area contributed by atoms with E-state index in [1.807, 2.05) is 152 Å². The van der Waals surface area contributed by atoms with Crippen molar-refractivity contribution in [2.75, 3.05) is 19.8 Å². The minimum Gasteiger partial charge on any atom is -0.396 e. The fraction of sp³-hybridized carbons (Fsp3) is 0.333. The standard InChI is InChI=1S/C45H50O8/c46-27-26-40(33-47-28-35-16-6-1-7-17-35)52-45-44(51-32-39-24-14-5-15-25-39)43(50-31-38-22-12-4-13-23-38)42(49-30-37-20-10-3-11-21-37)41(53-45)34-48-29-36-18-8-2-9-19-36/h1-25,40-46H,26-34H2/t40?,41-,42-,43+,44-,45-/m1/s1. The molecule has 1 saturated heterocycles. The molecule has 0 saturated carbocycles. The number of hydrogen-bond donors (Lipinski definition) is 1. The van der Waals surface area contributed by atoms with Gasteiger partial charge in [-0.1, -0.05) is 152 Å². The van der Waals surface area contributed by atoms with E-state index in [0.29, 0.717) is 39.5 Å². The molecule has 5 aromatic rings. The first kappa shape index (κ1) is 38.5. The molecule has 6 atom stereocenters. The molecule has 1 heterocycles. The number of aliphatic hydroxyl groups is 1. The molecule has 8 heteroatoms. The Balaban J connectivity index is 1.29. The van der Waals surface area contributed by atoms with Crippen molar-refractivity contribution in [2.45, 2.75) is 76.3 Å². The molecule has 6 rings (SSSR count). The molecule has 1 N–H and O–H groups in total. The highest BCUT2D eigenvalue weighted by Crippen LogP contribution is 2.32. The van der Waals surface area contributed by atoms with Crippen molar-refractivity contribution in [1.29, 1.82) is 0 Å². The van der Waals surface area contributed by atoms with Gasteiger partial charge in [0.2, 0.25) is 0 Å². The summed E-state index contributed by atoms with van der Waals surface area (Å²) in [5.41, 5.74) is 5.15. The minimum absolute atomic E-state index is 0.0814. The van der Waals surface area contributed by atoms with Gasteiger partial charge in [-0.05, 0) is 34.2 Å². The van der Waals surface area contributed by atoms with Gasteiger partial charge in [0, 0.05) is 6.61 Å². The first-order chi connectivity index (χ1) is 26.2. The summed E-state index contributed by atoms with van der Waals surface area (Å²) in [7, 11) is 0. The Labute approximate surface area is 313 Å². The van der Waals surface area contributed by atoms with E-state index in [1.54, 1.807) is 0 Å². The van der Waals surface area contributed by atoms with Crippen molar-refractivity contribution in [3.63, 3.8) is 0 Å². The summed E-state index contributed by atoms with van der Waals surface area (Å²) < 4.78 is 46.3. The van der Waals surface area contributed by atoms with Gasteiger partial charge in [-0.3, -0.25) is 0 Å². The van der Waals surface area contributed by atoms with Gasteiger partial charge in [-0.25, -0.2) is 0 Å². The van der Waals surface area contributed by atoms with Crippen molar-refractivity contribution in [3.05, 3.63) is 179 Å². The summed E-state index contributed by atoms with van der Waals surface area (Å²) in [6.07, 6.45) is -3.52. The number of ether oxygens (including phenoxy) is 7. The van der Waals surface area contributed by atoms with Crippen LogP contribution >= 0.6 is 0 Å². The third-order valence-corrected chi connectivity index (χ3v) is 9.03. The minimum atomic E-state index is -0.890. The number of benzene rings is 5. The Kier molecular flexibility index (Phi) is 15.6. The second-order valence-electron chi connectivity index (χ2n) is 13.1. The molecule has 0 spiro atoms. The lowest BCUT2D eigenvalue weighted by molar-refractivity contribution is -0.338. The van der Waals surface area contributed by atoms with Crippen LogP contribution in [0.3, 0.4) is 0 Å². The van der Waals surface area contributed by atoms with Crippen molar-refractivity contribution < 1.29 is 38.3 Å². The second-order valence-corrected chi connectivity index (χ2v) is 13.1. The zero-order chi connectivity index (χ0) is 36.3. The maximum atomic E-state index is 10.1. The molecular weight excluding hydrogens is 668 g/mol. The highest BCUT2D eigenvalue weighted by atomic mass is 16.7. The Morgan fingerprint density at radius 2 is 0.868 bits per heavy atom. The van der Waals surface area contributed by atoms with Crippen molar-refractivity contribution in [1.82, 2.24) is 0 Å². The number of hydrogen-bond acceptors (Lipinski definition) is 8. The molecule has 1 fully saturated rings. The normalized spacial score (nSPS) is 20.6. The Hall–Kier alpha value is -4.22. The van der Waals surface area contributed by atoms with Gasteiger partial charge >= 0.3 is 0 Å². The van der Waals surface area contributed by atoms with Gasteiger partial charge in [-0.15, -0.1) is 0 Å². The molecule has 8 nitrogen and oxygen atoms in total. The average molecular weight is 719 g/mol. The summed E-state index contributed by atoms with van der Waals surface area (Å²) in [5.74, 6) is 0. The average Bonchev–Trinajstić information content (AvgIpc) is 3.21. The third kappa shape index (κ3) is 12.4. The summed E-state index contributed by atoms with van der Waals surface area (Å²) in [4.78, 5) is 0. The quantitative estimate of drug-likeness (QED) is 0.0828. The summed E-state index contributed by atoms with van der Waals surface area (Å²) >= 11 is 0. The van der Waals surface area contributed by atoms with Crippen LogP contribution in [0.1, 0.15) is 34.2 Å². The van der Waals surface area contributed by atoms with Gasteiger partial charge in [-0.2, -0.15) is 0 Å². The fourth-order valence-corrected chi connectivity index (χ4v) is 6.26. The summed E-state index contributed by atoms with van der Waals surface area (Å²) in [5, 5.41) is 10.1. The maximum absolute atomic E-state index is 10.1. The first-order valence-corrected chi connectivity index (χ1v) is 18.4. The molecule has 0 aromatic heterocycles. The van der Waals surface area contributed by atoms with Crippen molar-refractivity contribution in [2.24, 2.45) is 0 Å². The Morgan fingerprint density at radius 1 is 0.472 bits per heavy atom. The van der Waals surface area contributed by atoms with E-state index in [4.69, 9.17) is 33.2 Å². The van der Waals surface area contributed by atoms with Crippen molar-refractivity contribution >= 4 is 0 Å². The molecule has 53 heavy (non-hydrogen) atoms. The van der Waals surface area contributed by atoms with Gasteiger partial charge in [0.1, 0.15) is 24.4 Å². The maximum Gasteiger partial charge on any atom is 0.187 e. The predicted molar refractivity (Wildman–Crippen MR) is 202 cm³/mol. The molecule has 0 aliphatic carbocycles. The van der Waals surface area contributed by atoms with Crippen LogP contribution in [0.2, 0.25) is 0 Å². The fourth-order valence-electron chi connectivity index (χ4n) is 6.26. The van der Waals surface area contributed by atoms with Gasteiger partial charge < -0.3 is 38.3 Å². The Morgan fingerprint density at radius 3 is 1.32 bits per heavy atom. The summed E-state index contributed by atoms with van der Waals surface area (Å²) in [6, 6.07) is 50.1. The topological polar surface area (TPSA) is 84.8 Å². The van der Waals surface area contributed by atoms with Crippen LogP contribution in [0.5, 0.6) is 0 Å². The van der Waals surface area contributed by atoms with E-state index in [0.717, 1.165) is 27.8 Å². The molecule has 0 amide bonds. The largest absolute Gasteiger partial charge is 0.396 e. The van der Waals surface area contributed by atoms with Gasteiger partial charge in [0.05, 0.1) is 52.4 Å². The number of rotatable bonds is 21. The van der Waals surface area contributed by atoms with E-state index in [1.165, 1.54) is 0 Å². The zero-order valence-corrected chi connectivity index (χ0v) is 30.1. The van der Waals surface area contributed by atoms with Crippen LogP contribution in [-0.2, 0) is 66.2 Å². The molecule has 278 valence electrons. The van der Waals surface area contributed by atoms with Crippen molar-refractivity contribution in [3.8, 4) is 0 Å². The molecule has 1 aliphatic heterocycles. The molecule has 0 radical (unpaired) electrons. The lowest BCUT2D eigenvalue weighted by atomic mass is 9.97. The highest BCUT2D eigenvalue weighted by Gasteiger charge is 2.49. The molecular formula is C45H50O8. The lowest BCUT2D eigenvalue weighted by Crippen LogP contribution is -2.62. The zero-order valence-electron chi connectivity index (χ0n) is 30.1. The van der Waals surface area contributed by atoms with E-state index in [2.05, 4.69) is 0 Å². The van der Waals surface area contributed by atoms with Crippen LogP contribution in [0.4, 0.5) is 0 Å². The smallest absolute Gasteiger partial charge is 0.187 e. The second kappa shape index (κ2) is 21.5. The highest BCUT2D eigenvalue weighted by molar-refractivity contribution is 5.17. The summed E-state index contributed by atoms with van der Waals surface area (Å²) in [6.45, 7) is 2.18. The SMILES string of the molecule is OCCC(COCc1ccccc1)O[C@@H]1O[C@H](COCc2ccccc2)[C@@H](OCc2ccccc2)[C@H](OCc2ccccc2)[C@H]1OCc1ccccc1. The molecule has 0 bridgehead atoms. The van der Waals surface area contributed by atoms with E-state index in [9.17, 15) is 5.11 Å². The monoisotopic (exact) mass is 718 g/mol. The molecule has 5 aromatic carbocycles. The lowest BCUT2D eigenvalue weighted by Gasteiger charge is -2.46. The van der Waals surface area contributed by atoms with Crippen LogP contribution in [0.25, 0.3) is 0 Å². The van der Waals surface area contributed by atoms with E-state index in [-0.39, 0.29) is 19.8 Å². The predicted octanol–water partition coefficient (Wildman–Crippen LogP) is 7.67. The number of aliphatic hydroxyl groups excluding tert-OH is 1. The van der Waals surface area contributed by atoms with Gasteiger partial charge in [0.25, 0.3) is 0 Å². The first-order valence-electron chi connectivity index (χ1n) is 18.4. The van der Waals surface area contributed by atoms with Crippen LogP contribution < -0.4 is 0 Å². The van der Waals surface area contributed by atoms with E-state index >= 15 is 0 Å².